The number of benzene rings is 6. The predicted octanol–water partition coefficient (Wildman–Crippen LogP) is 7.55. The van der Waals surface area contributed by atoms with Gasteiger partial charge in [-0.25, -0.2) is 9.59 Å². The van der Waals surface area contributed by atoms with E-state index >= 15 is 0 Å². The van der Waals surface area contributed by atoms with Crippen LogP contribution in [0.4, 0.5) is 11.4 Å². The van der Waals surface area contributed by atoms with Gasteiger partial charge >= 0.3 is 11.9 Å². The quantitative estimate of drug-likeness (QED) is 0.0576. The summed E-state index contributed by atoms with van der Waals surface area (Å²) in [7, 11) is 0. The van der Waals surface area contributed by atoms with Gasteiger partial charge in [0.05, 0.1) is 13.2 Å². The van der Waals surface area contributed by atoms with Gasteiger partial charge in [0.1, 0.15) is 18.1 Å². The summed E-state index contributed by atoms with van der Waals surface area (Å²) in [4.78, 5) is 47.4. The Morgan fingerprint density at radius 3 is 1.49 bits per heavy atom. The number of amides is 2. The maximum absolute atomic E-state index is 12.8. The first-order valence-electron chi connectivity index (χ1n) is 17.7. The molecule has 57 heavy (non-hydrogen) atoms. The number of fused-ring (bicyclic) bond motifs is 2. The number of hydrogen-bond acceptors (Lipinski definition) is 9. The standard InChI is InChI=1S/C22H21NO5.C20H17NO4.C2H5BrO/c1-15-8-9-19-16(12-15)4-2-7-20(19)22(26)23-17-5-3-6-18(13-17)28-14-21(25)27-11-10-24;1-13-8-9-17-14(10-13)4-2-7-18(17)20(24)21-15-5-3-6-16(11-15)25-12-19(22)23;3-1-2-4/h2-9,12-13,24H,10-11,14H2,1H3,(H,23,26);2-11H,12H2,1H3,(H,21,24)(H,22,23);4H,1-2H2. The van der Waals surface area contributed by atoms with Crippen molar-refractivity contribution in [3.63, 3.8) is 0 Å². The molecule has 0 spiro atoms. The third kappa shape index (κ3) is 13.8. The Morgan fingerprint density at radius 1 is 0.596 bits per heavy atom. The van der Waals surface area contributed by atoms with Crippen molar-refractivity contribution in [3.05, 3.63) is 144 Å². The molecule has 6 rings (SSSR count). The molecular formula is C44H43BrN2O10. The van der Waals surface area contributed by atoms with Crippen LogP contribution < -0.4 is 20.1 Å². The van der Waals surface area contributed by atoms with Gasteiger partial charge in [-0.2, -0.15) is 0 Å². The zero-order valence-corrected chi connectivity index (χ0v) is 33.0. The van der Waals surface area contributed by atoms with Crippen molar-refractivity contribution < 1.29 is 48.7 Å². The van der Waals surface area contributed by atoms with E-state index in [2.05, 4.69) is 26.6 Å². The maximum Gasteiger partial charge on any atom is 0.344 e. The average Bonchev–Trinajstić information content (AvgIpc) is 3.21. The molecule has 0 saturated heterocycles. The van der Waals surface area contributed by atoms with Gasteiger partial charge < -0.3 is 40.2 Å². The summed E-state index contributed by atoms with van der Waals surface area (Å²) >= 11 is 3.00. The number of carbonyl (C=O) groups excluding carboxylic acids is 3. The Bertz CT molecular complexity index is 2310. The molecule has 296 valence electrons. The summed E-state index contributed by atoms with van der Waals surface area (Å²) in [6.07, 6.45) is 0. The lowest BCUT2D eigenvalue weighted by Crippen LogP contribution is -2.17. The molecule has 0 saturated carbocycles. The number of carbonyl (C=O) groups is 4. The van der Waals surface area contributed by atoms with E-state index in [1.807, 2.05) is 74.5 Å². The van der Waals surface area contributed by atoms with Crippen LogP contribution in [-0.4, -0.2) is 77.4 Å². The summed E-state index contributed by atoms with van der Waals surface area (Å²) in [6, 6.07) is 36.5. The number of aliphatic hydroxyl groups is 2. The molecule has 0 aromatic heterocycles. The molecule has 0 heterocycles. The van der Waals surface area contributed by atoms with Gasteiger partial charge in [-0.1, -0.05) is 99.9 Å². The van der Waals surface area contributed by atoms with Crippen LogP contribution in [0.25, 0.3) is 21.5 Å². The minimum absolute atomic E-state index is 0.0666. The van der Waals surface area contributed by atoms with Crippen LogP contribution in [0.3, 0.4) is 0 Å². The third-order valence-corrected chi connectivity index (χ3v) is 8.26. The SMILES string of the molecule is Cc1ccc2c(C(=O)Nc3cccc(OCC(=O)O)c3)cccc2c1.Cc1ccc2c(C(=O)Nc3cccc(OCC(=O)OCCO)c3)cccc2c1.OCCBr. The second-order valence-electron chi connectivity index (χ2n) is 12.4. The Balaban J connectivity index is 0.000000232. The number of aryl methyl sites for hydroxylation is 2. The Hall–Kier alpha value is -6.28. The number of carboxylic acid groups (broad SMARTS) is 1. The number of esters is 1. The normalized spacial score (nSPS) is 10.3. The molecule has 0 radical (unpaired) electrons. The number of rotatable bonds is 13. The van der Waals surface area contributed by atoms with E-state index in [0.717, 1.165) is 32.7 Å². The zero-order chi connectivity index (χ0) is 41.2. The maximum atomic E-state index is 12.8. The Morgan fingerprint density at radius 2 is 1.05 bits per heavy atom. The zero-order valence-electron chi connectivity index (χ0n) is 31.4. The number of halogens is 1. The molecule has 13 heteroatoms. The number of anilines is 2. The lowest BCUT2D eigenvalue weighted by Gasteiger charge is -2.11. The lowest BCUT2D eigenvalue weighted by molar-refractivity contribution is -0.147. The summed E-state index contributed by atoms with van der Waals surface area (Å²) < 4.78 is 15.2. The van der Waals surface area contributed by atoms with Crippen molar-refractivity contribution in [2.75, 3.05) is 49.0 Å². The number of alkyl halides is 1. The van der Waals surface area contributed by atoms with Crippen LogP contribution in [0.5, 0.6) is 11.5 Å². The number of aliphatic hydroxyl groups excluding tert-OH is 2. The van der Waals surface area contributed by atoms with Crippen molar-refractivity contribution >= 4 is 72.6 Å². The number of hydrogen-bond donors (Lipinski definition) is 5. The highest BCUT2D eigenvalue weighted by Crippen LogP contribution is 2.25. The molecular weight excluding hydrogens is 796 g/mol. The summed E-state index contributed by atoms with van der Waals surface area (Å²) in [5.41, 5.74) is 4.51. The molecule has 0 fully saturated rings. The Kier molecular flexibility index (Phi) is 17.0. The molecule has 0 bridgehead atoms. The fourth-order valence-corrected chi connectivity index (χ4v) is 5.41. The van der Waals surface area contributed by atoms with Crippen molar-refractivity contribution in [3.8, 4) is 11.5 Å². The highest BCUT2D eigenvalue weighted by Gasteiger charge is 2.13. The van der Waals surface area contributed by atoms with Gasteiger partial charge in [-0.15, -0.1) is 0 Å². The molecule has 6 aromatic rings. The molecule has 2 amide bonds. The van der Waals surface area contributed by atoms with E-state index in [0.29, 0.717) is 39.3 Å². The van der Waals surface area contributed by atoms with E-state index in [4.69, 9.17) is 29.5 Å². The number of aliphatic carboxylic acids is 1. The van der Waals surface area contributed by atoms with Crippen LogP contribution in [0.2, 0.25) is 0 Å². The van der Waals surface area contributed by atoms with Crippen molar-refractivity contribution in [2.45, 2.75) is 13.8 Å². The molecule has 12 nitrogen and oxygen atoms in total. The van der Waals surface area contributed by atoms with Gasteiger partial charge in [0.15, 0.2) is 13.2 Å². The van der Waals surface area contributed by atoms with Crippen LogP contribution >= 0.6 is 15.9 Å². The van der Waals surface area contributed by atoms with E-state index in [1.165, 1.54) is 0 Å². The summed E-state index contributed by atoms with van der Waals surface area (Å²) in [6.45, 7) is 3.25. The number of nitrogens with one attached hydrogen (secondary N) is 2. The third-order valence-electron chi connectivity index (χ3n) is 7.90. The predicted molar refractivity (Wildman–Crippen MR) is 224 cm³/mol. The van der Waals surface area contributed by atoms with Crippen molar-refractivity contribution in [1.29, 1.82) is 0 Å². The minimum atomic E-state index is -1.06. The second-order valence-corrected chi connectivity index (χ2v) is 13.1. The summed E-state index contributed by atoms with van der Waals surface area (Å²) in [5.74, 6) is -1.28. The average molecular weight is 840 g/mol. The fourth-order valence-electron chi connectivity index (χ4n) is 5.41. The van der Waals surface area contributed by atoms with E-state index in [-0.39, 0.29) is 38.2 Å². The molecule has 6 aromatic carbocycles. The first-order valence-corrected chi connectivity index (χ1v) is 18.9. The first kappa shape index (κ1) is 43.4. The number of ether oxygens (including phenoxy) is 3. The Labute approximate surface area is 338 Å². The van der Waals surface area contributed by atoms with Crippen molar-refractivity contribution in [1.82, 2.24) is 0 Å². The van der Waals surface area contributed by atoms with Gasteiger partial charge in [-0.05, 0) is 71.8 Å². The van der Waals surface area contributed by atoms with Gasteiger partial charge in [0.25, 0.3) is 11.8 Å². The van der Waals surface area contributed by atoms with Gasteiger partial charge in [-0.3, -0.25) is 9.59 Å². The van der Waals surface area contributed by atoms with E-state index < -0.39 is 18.5 Å². The highest BCUT2D eigenvalue weighted by atomic mass is 79.9. The monoisotopic (exact) mass is 838 g/mol. The molecule has 0 aliphatic rings. The van der Waals surface area contributed by atoms with E-state index in [9.17, 15) is 19.2 Å². The van der Waals surface area contributed by atoms with Gasteiger partial charge in [0, 0.05) is 40.0 Å². The highest BCUT2D eigenvalue weighted by molar-refractivity contribution is 9.09. The lowest BCUT2D eigenvalue weighted by atomic mass is 10.0. The first-order chi connectivity index (χ1) is 27.5. The van der Waals surface area contributed by atoms with Crippen LogP contribution in [0, 0.1) is 13.8 Å². The molecule has 5 N–H and O–H groups in total. The minimum Gasteiger partial charge on any atom is -0.482 e. The molecule has 0 atom stereocenters. The van der Waals surface area contributed by atoms with Crippen molar-refractivity contribution in [2.24, 2.45) is 0 Å². The second kappa shape index (κ2) is 22.3. The summed E-state index contributed by atoms with van der Waals surface area (Å²) in [5, 5.41) is 35.3. The van der Waals surface area contributed by atoms with Crippen LogP contribution in [0.1, 0.15) is 31.8 Å². The van der Waals surface area contributed by atoms with E-state index in [1.54, 1.807) is 60.7 Å². The van der Waals surface area contributed by atoms with Crippen LogP contribution in [0.15, 0.2) is 121 Å². The fraction of sp³-hybridized carbons (Fsp3) is 0.182. The smallest absolute Gasteiger partial charge is 0.344 e. The molecule has 0 unspecified atom stereocenters. The number of carboxylic acids is 1. The largest absolute Gasteiger partial charge is 0.482 e. The van der Waals surface area contributed by atoms with Gasteiger partial charge in [0.2, 0.25) is 0 Å². The van der Waals surface area contributed by atoms with Crippen LogP contribution in [-0.2, 0) is 14.3 Å². The molecule has 0 aliphatic heterocycles. The topological polar surface area (TPSA) is 181 Å². The molecule has 0 aliphatic carbocycles.